The Labute approximate surface area is 327 Å². The molecule has 5 rings (SSSR count). The van der Waals surface area contributed by atoms with E-state index in [4.69, 9.17) is 4.55 Å². The van der Waals surface area contributed by atoms with E-state index in [1.807, 2.05) is 0 Å². The van der Waals surface area contributed by atoms with Crippen LogP contribution in [-0.4, -0.2) is 30.4 Å². The van der Waals surface area contributed by atoms with Gasteiger partial charge in [0.25, 0.3) is 10.1 Å². The predicted molar refractivity (Wildman–Crippen MR) is 200 cm³/mol. The van der Waals surface area contributed by atoms with E-state index in [1.54, 1.807) is 36.4 Å². The van der Waals surface area contributed by atoms with Gasteiger partial charge in [-0.25, -0.2) is 0 Å². The lowest BCUT2D eigenvalue weighted by Crippen LogP contribution is -2.23. The molecule has 5 aromatic carbocycles. The van der Waals surface area contributed by atoms with Crippen LogP contribution in [-0.2, 0) is 39.9 Å². The van der Waals surface area contributed by atoms with Gasteiger partial charge in [-0.3, -0.25) is 14.1 Å². The van der Waals surface area contributed by atoms with Crippen molar-refractivity contribution < 1.29 is 62.1 Å². The van der Waals surface area contributed by atoms with Crippen molar-refractivity contribution in [2.24, 2.45) is 0 Å². The second-order valence-corrected chi connectivity index (χ2v) is 15.3. The first-order valence-corrected chi connectivity index (χ1v) is 19.1. The van der Waals surface area contributed by atoms with Crippen molar-refractivity contribution in [1.29, 1.82) is 0 Å². The van der Waals surface area contributed by atoms with Crippen LogP contribution < -0.4 is 5.32 Å². The number of aryl methyl sites for hydroxylation is 2. The van der Waals surface area contributed by atoms with Crippen molar-refractivity contribution in [3.05, 3.63) is 148 Å². The molecule has 0 bridgehead atoms. The number of carbonyl (C=O) groups excluding carboxylic acids is 2. The van der Waals surface area contributed by atoms with Gasteiger partial charge in [-0.2, -0.15) is 47.9 Å². The smallest absolute Gasteiger partial charge is 0.326 e. The maximum atomic E-state index is 14.4. The monoisotopic (exact) mass is 835 g/mol. The van der Waals surface area contributed by atoms with E-state index < -0.39 is 74.3 Å². The van der Waals surface area contributed by atoms with Gasteiger partial charge >= 0.3 is 18.5 Å². The van der Waals surface area contributed by atoms with Crippen LogP contribution in [0.25, 0.3) is 22.3 Å². The van der Waals surface area contributed by atoms with Crippen LogP contribution in [0.5, 0.6) is 0 Å². The number of anilines is 1. The third-order valence-corrected chi connectivity index (χ3v) is 10.3. The minimum Gasteiger partial charge on any atom is -0.326 e. The predicted octanol–water partition coefficient (Wildman–Crippen LogP) is 11.5. The Morgan fingerprint density at radius 3 is 1.69 bits per heavy atom. The fraction of sp³-hybridized carbons (Fsp3) is 0.238. The highest BCUT2D eigenvalue weighted by Gasteiger charge is 2.36. The molecular formula is C42H34F9NO5S. The molecular weight excluding hydrogens is 802 g/mol. The van der Waals surface area contributed by atoms with E-state index in [2.05, 4.69) is 5.32 Å². The third-order valence-electron chi connectivity index (χ3n) is 9.45. The second kappa shape index (κ2) is 16.8. The number of benzene rings is 5. The van der Waals surface area contributed by atoms with Gasteiger partial charge < -0.3 is 5.32 Å². The fourth-order valence-corrected chi connectivity index (χ4v) is 7.01. The van der Waals surface area contributed by atoms with Crippen LogP contribution >= 0.6 is 0 Å². The van der Waals surface area contributed by atoms with Crippen LogP contribution in [0.4, 0.5) is 45.2 Å². The number of amides is 1. The molecule has 6 nitrogen and oxygen atoms in total. The minimum absolute atomic E-state index is 0.0450. The Balaban J connectivity index is 1.47. The zero-order chi connectivity index (χ0) is 42.8. The molecule has 0 heterocycles. The second-order valence-electron chi connectivity index (χ2n) is 13.7. The summed E-state index contributed by atoms with van der Waals surface area (Å²) in [6.45, 7) is 2.76. The summed E-state index contributed by atoms with van der Waals surface area (Å²) in [4.78, 5) is 26.6. The number of halogens is 9. The number of ketones is 1. The Bertz CT molecular complexity index is 2420. The topological polar surface area (TPSA) is 101 Å². The Morgan fingerprint density at radius 1 is 0.655 bits per heavy atom. The molecule has 0 spiro atoms. The molecule has 1 atom stereocenters. The molecule has 0 saturated heterocycles. The van der Waals surface area contributed by atoms with Crippen molar-refractivity contribution in [2.45, 2.75) is 57.6 Å². The molecule has 0 radical (unpaired) electrons. The molecule has 0 aliphatic carbocycles. The normalized spacial score (nSPS) is 13.0. The number of hydrogen-bond donors (Lipinski definition) is 2. The summed E-state index contributed by atoms with van der Waals surface area (Å²) in [5.41, 5.74) is -1.44. The summed E-state index contributed by atoms with van der Waals surface area (Å²) in [5.74, 6) is -2.85. The molecule has 58 heavy (non-hydrogen) atoms. The SMILES string of the molecule is Cc1cc(C(F)(F)F)ccc1-c1ccc(C(Cc2ccc(C(=O)CCCS(=O)(=O)O)cc2)C(=O)Nc2ccc(-c3ccc(C(F)(F)F)cc3C)c(C(F)(F)F)c2)cc1. The van der Waals surface area contributed by atoms with Crippen LogP contribution in [0.15, 0.2) is 103 Å². The van der Waals surface area contributed by atoms with Gasteiger partial charge in [0.05, 0.1) is 28.4 Å². The van der Waals surface area contributed by atoms with Gasteiger partial charge in [0.2, 0.25) is 5.91 Å². The first-order valence-electron chi connectivity index (χ1n) is 17.5. The Morgan fingerprint density at radius 2 is 1.19 bits per heavy atom. The molecule has 1 unspecified atom stereocenters. The van der Waals surface area contributed by atoms with E-state index in [9.17, 15) is 57.5 Å². The fourth-order valence-electron chi connectivity index (χ4n) is 6.51. The molecule has 0 aliphatic heterocycles. The van der Waals surface area contributed by atoms with Crippen molar-refractivity contribution in [3.8, 4) is 22.3 Å². The standard InChI is InChI=1S/C42H34F9NO5S/c1-24-20-30(40(43,44)45)13-16-33(24)27-9-11-28(12-10-27)36(22-26-5-7-29(8-6-26)38(53)4-3-19-58(55,56)57)39(54)52-32-15-18-35(37(23-32)42(49,50)51)34-17-14-31(21-25(34)2)41(46,47)48/h5-18,20-21,23,36H,3-4,19,22H2,1-2H3,(H,52,54)(H,55,56,57). The zero-order valence-electron chi connectivity index (χ0n) is 30.6. The van der Waals surface area contributed by atoms with E-state index >= 15 is 0 Å². The summed E-state index contributed by atoms with van der Waals surface area (Å²) < 4.78 is 154. The van der Waals surface area contributed by atoms with Crippen LogP contribution in [0.2, 0.25) is 0 Å². The van der Waals surface area contributed by atoms with E-state index in [0.717, 1.165) is 30.3 Å². The summed E-state index contributed by atoms with van der Waals surface area (Å²) in [6, 6.07) is 20.8. The summed E-state index contributed by atoms with van der Waals surface area (Å²) >= 11 is 0. The van der Waals surface area contributed by atoms with E-state index in [-0.39, 0.29) is 41.6 Å². The molecule has 306 valence electrons. The van der Waals surface area contributed by atoms with Gasteiger partial charge in [-0.1, -0.05) is 66.7 Å². The molecule has 0 aliphatic rings. The molecule has 1 amide bonds. The lowest BCUT2D eigenvalue weighted by molar-refractivity contribution is -0.138. The number of rotatable bonds is 12. The highest BCUT2D eigenvalue weighted by atomic mass is 32.2. The van der Waals surface area contributed by atoms with Crippen molar-refractivity contribution in [1.82, 2.24) is 0 Å². The molecule has 0 fully saturated rings. The summed E-state index contributed by atoms with van der Waals surface area (Å²) in [6.07, 6.45) is -14.6. The number of carbonyl (C=O) groups is 2. The number of alkyl halides is 9. The maximum Gasteiger partial charge on any atom is 0.417 e. The quantitative estimate of drug-likeness (QED) is 0.0741. The number of hydrogen-bond acceptors (Lipinski definition) is 4. The first kappa shape index (κ1) is 43.6. The van der Waals surface area contributed by atoms with Gasteiger partial charge in [-0.15, -0.1) is 0 Å². The van der Waals surface area contributed by atoms with Crippen LogP contribution in [0.3, 0.4) is 0 Å². The molecule has 2 N–H and O–H groups in total. The maximum absolute atomic E-state index is 14.4. The van der Waals surface area contributed by atoms with Gasteiger partial charge in [0, 0.05) is 17.7 Å². The van der Waals surface area contributed by atoms with Crippen LogP contribution in [0.1, 0.15) is 68.1 Å². The van der Waals surface area contributed by atoms with Gasteiger partial charge in [0.15, 0.2) is 5.78 Å². The highest BCUT2D eigenvalue weighted by Crippen LogP contribution is 2.41. The zero-order valence-corrected chi connectivity index (χ0v) is 31.4. The number of Topliss-reactive ketones (excluding diaryl/α,β-unsaturated/α-hetero) is 1. The van der Waals surface area contributed by atoms with E-state index in [1.165, 1.54) is 38.1 Å². The van der Waals surface area contributed by atoms with Gasteiger partial charge in [-0.05, 0) is 108 Å². The molecule has 5 aromatic rings. The van der Waals surface area contributed by atoms with Crippen molar-refractivity contribution in [3.63, 3.8) is 0 Å². The first-order chi connectivity index (χ1) is 26.9. The molecule has 0 aromatic heterocycles. The van der Waals surface area contributed by atoms with Crippen molar-refractivity contribution >= 4 is 27.5 Å². The van der Waals surface area contributed by atoms with Gasteiger partial charge in [0.1, 0.15) is 0 Å². The average molecular weight is 836 g/mol. The Kier molecular flexibility index (Phi) is 12.6. The lowest BCUT2D eigenvalue weighted by Gasteiger charge is -2.21. The summed E-state index contributed by atoms with van der Waals surface area (Å²) in [5, 5.41) is 2.52. The largest absolute Gasteiger partial charge is 0.417 e. The molecule has 0 saturated carbocycles. The van der Waals surface area contributed by atoms with Crippen molar-refractivity contribution in [2.75, 3.05) is 11.1 Å². The summed E-state index contributed by atoms with van der Waals surface area (Å²) in [7, 11) is -4.26. The third kappa shape index (κ3) is 10.9. The average Bonchev–Trinajstić information content (AvgIpc) is 3.12. The highest BCUT2D eigenvalue weighted by molar-refractivity contribution is 7.85. The molecule has 16 heteroatoms. The lowest BCUT2D eigenvalue weighted by atomic mass is 9.88. The number of nitrogens with one attached hydrogen (secondary N) is 1. The minimum atomic E-state index is -4.98. The Hall–Kier alpha value is -5.48. The van der Waals surface area contributed by atoms with E-state index in [0.29, 0.717) is 39.9 Å². The van der Waals surface area contributed by atoms with Crippen LogP contribution in [0, 0.1) is 13.8 Å².